The van der Waals surface area contributed by atoms with Crippen molar-refractivity contribution in [3.05, 3.63) is 24.4 Å². The van der Waals surface area contributed by atoms with Crippen molar-refractivity contribution in [2.75, 3.05) is 37.6 Å². The van der Waals surface area contributed by atoms with E-state index in [2.05, 4.69) is 15.2 Å². The molecule has 6 nitrogen and oxygen atoms in total. The first-order chi connectivity index (χ1) is 11.7. The van der Waals surface area contributed by atoms with Crippen molar-refractivity contribution in [1.82, 2.24) is 10.2 Å². The smallest absolute Gasteiger partial charge is 0.274 e. The lowest BCUT2D eigenvalue weighted by molar-refractivity contribution is -0.364. The van der Waals surface area contributed by atoms with Gasteiger partial charge in [-0.25, -0.2) is 4.98 Å². The summed E-state index contributed by atoms with van der Waals surface area (Å²) in [4.78, 5) is 31.8. The van der Waals surface area contributed by atoms with Gasteiger partial charge in [-0.1, -0.05) is 25.3 Å². The lowest BCUT2D eigenvalue weighted by Crippen LogP contribution is -2.52. The van der Waals surface area contributed by atoms with E-state index in [0.717, 1.165) is 44.6 Å². The molecule has 1 aromatic heterocycles. The minimum atomic E-state index is 0.0239. The van der Waals surface area contributed by atoms with Crippen molar-refractivity contribution in [1.29, 1.82) is 0 Å². The summed E-state index contributed by atoms with van der Waals surface area (Å²) in [7, 11) is 0. The van der Waals surface area contributed by atoms with Gasteiger partial charge in [-0.05, 0) is 18.9 Å². The Bertz CT molecular complexity index is 549. The van der Waals surface area contributed by atoms with Gasteiger partial charge < -0.3 is 10.2 Å². The van der Waals surface area contributed by atoms with E-state index in [9.17, 15) is 9.59 Å². The largest absolute Gasteiger partial charge is 0.347 e. The molecule has 0 radical (unpaired) electrons. The van der Waals surface area contributed by atoms with E-state index in [1.165, 1.54) is 6.42 Å². The average molecular weight is 331 g/mol. The number of H-pyrrole nitrogens is 1. The minimum Gasteiger partial charge on any atom is -0.347 e. The van der Waals surface area contributed by atoms with Crippen LogP contribution in [0.3, 0.4) is 0 Å². The summed E-state index contributed by atoms with van der Waals surface area (Å²) in [5, 5.41) is 2.84. The number of nitrogens with one attached hydrogen (secondary N) is 2. The summed E-state index contributed by atoms with van der Waals surface area (Å²) in [6.07, 6.45) is 7.33. The number of aromatic amines is 1. The second-order valence-electron chi connectivity index (χ2n) is 6.67. The number of piperazine rings is 1. The SMILES string of the molecule is O=C(NCC(=O)N1CCN(c2cccc[nH+]2)CC1)C1CCCCC1. The second kappa shape index (κ2) is 8.13. The molecule has 1 saturated carbocycles. The van der Waals surface area contributed by atoms with Crippen molar-refractivity contribution in [2.45, 2.75) is 32.1 Å². The van der Waals surface area contributed by atoms with E-state index in [1.807, 2.05) is 29.3 Å². The van der Waals surface area contributed by atoms with E-state index < -0.39 is 0 Å². The molecular weight excluding hydrogens is 304 g/mol. The summed E-state index contributed by atoms with van der Waals surface area (Å²) < 4.78 is 0. The van der Waals surface area contributed by atoms with Crippen LogP contribution in [0.4, 0.5) is 5.82 Å². The Morgan fingerprint density at radius 1 is 1.08 bits per heavy atom. The molecule has 3 rings (SSSR count). The van der Waals surface area contributed by atoms with Gasteiger partial charge in [0.1, 0.15) is 13.1 Å². The van der Waals surface area contributed by atoms with Gasteiger partial charge in [-0.2, -0.15) is 0 Å². The quantitative estimate of drug-likeness (QED) is 0.889. The molecule has 0 bridgehead atoms. The molecule has 2 amide bonds. The van der Waals surface area contributed by atoms with Crippen LogP contribution in [0, 0.1) is 5.92 Å². The van der Waals surface area contributed by atoms with Crippen molar-refractivity contribution >= 4 is 17.6 Å². The fourth-order valence-corrected chi connectivity index (χ4v) is 3.56. The molecule has 0 atom stereocenters. The zero-order valence-corrected chi connectivity index (χ0v) is 14.2. The standard InChI is InChI=1S/C18H26N4O2/c23-17(14-20-18(24)15-6-2-1-3-7-15)22-12-10-21(11-13-22)16-8-4-5-9-19-16/h4-5,8-9,15H,1-3,6-7,10-14H2,(H,20,24)/p+1. The summed E-state index contributed by atoms with van der Waals surface area (Å²) >= 11 is 0. The van der Waals surface area contributed by atoms with Gasteiger partial charge in [0, 0.05) is 12.0 Å². The molecular formula is C18H27N4O2+. The van der Waals surface area contributed by atoms with Crippen LogP contribution in [0.25, 0.3) is 0 Å². The van der Waals surface area contributed by atoms with Crippen LogP contribution in [0.2, 0.25) is 0 Å². The molecule has 130 valence electrons. The number of amides is 2. The average Bonchev–Trinajstić information content (AvgIpc) is 2.67. The summed E-state index contributed by atoms with van der Waals surface area (Å²) in [5.74, 6) is 1.27. The fraction of sp³-hybridized carbons (Fsp3) is 0.611. The Kier molecular flexibility index (Phi) is 5.67. The fourth-order valence-electron chi connectivity index (χ4n) is 3.56. The lowest BCUT2D eigenvalue weighted by atomic mass is 9.89. The number of hydrogen-bond acceptors (Lipinski definition) is 3. The van der Waals surface area contributed by atoms with E-state index in [4.69, 9.17) is 0 Å². The predicted octanol–water partition coefficient (Wildman–Crippen LogP) is 0.846. The van der Waals surface area contributed by atoms with Crippen molar-refractivity contribution < 1.29 is 14.6 Å². The highest BCUT2D eigenvalue weighted by molar-refractivity contribution is 5.86. The van der Waals surface area contributed by atoms with E-state index in [-0.39, 0.29) is 24.3 Å². The number of nitrogens with zero attached hydrogens (tertiary/aromatic N) is 2. The first kappa shape index (κ1) is 16.7. The Morgan fingerprint density at radius 2 is 1.83 bits per heavy atom. The third kappa shape index (κ3) is 4.24. The van der Waals surface area contributed by atoms with Crippen LogP contribution < -0.4 is 15.2 Å². The molecule has 1 aliphatic carbocycles. The Balaban J connectivity index is 1.41. The van der Waals surface area contributed by atoms with Crippen LogP contribution in [0.5, 0.6) is 0 Å². The normalized spacial score (nSPS) is 19.2. The highest BCUT2D eigenvalue weighted by Crippen LogP contribution is 2.23. The molecule has 1 aromatic rings. The van der Waals surface area contributed by atoms with E-state index in [1.54, 1.807) is 0 Å². The van der Waals surface area contributed by atoms with Gasteiger partial charge in [0.25, 0.3) is 5.82 Å². The van der Waals surface area contributed by atoms with Gasteiger partial charge in [0.2, 0.25) is 11.8 Å². The number of carbonyl (C=O) groups is 2. The predicted molar refractivity (Wildman–Crippen MR) is 91.4 cm³/mol. The monoisotopic (exact) mass is 331 g/mol. The topological polar surface area (TPSA) is 66.8 Å². The van der Waals surface area contributed by atoms with Crippen molar-refractivity contribution in [3.8, 4) is 0 Å². The van der Waals surface area contributed by atoms with E-state index in [0.29, 0.717) is 13.1 Å². The zero-order valence-electron chi connectivity index (χ0n) is 14.2. The maximum absolute atomic E-state index is 12.3. The number of rotatable bonds is 4. The maximum Gasteiger partial charge on any atom is 0.274 e. The Labute approximate surface area is 143 Å². The van der Waals surface area contributed by atoms with Gasteiger partial charge in [0.05, 0.1) is 25.8 Å². The van der Waals surface area contributed by atoms with Crippen LogP contribution in [-0.4, -0.2) is 49.4 Å². The molecule has 2 fully saturated rings. The summed E-state index contributed by atoms with van der Waals surface area (Å²) in [6, 6.07) is 6.00. The third-order valence-corrected chi connectivity index (χ3v) is 5.06. The number of pyridine rings is 1. The molecule has 1 saturated heterocycles. The van der Waals surface area contributed by atoms with Crippen LogP contribution in [-0.2, 0) is 9.59 Å². The van der Waals surface area contributed by atoms with Gasteiger partial charge in [0.15, 0.2) is 0 Å². The highest BCUT2D eigenvalue weighted by atomic mass is 16.2. The molecule has 6 heteroatoms. The molecule has 2 heterocycles. The molecule has 0 aromatic carbocycles. The number of hydrogen-bond donors (Lipinski definition) is 1. The second-order valence-corrected chi connectivity index (χ2v) is 6.67. The number of carbonyl (C=O) groups excluding carboxylic acids is 2. The van der Waals surface area contributed by atoms with Gasteiger partial charge >= 0.3 is 0 Å². The first-order valence-corrected chi connectivity index (χ1v) is 9.01. The maximum atomic E-state index is 12.3. The number of aromatic nitrogens is 1. The Hall–Kier alpha value is -2.11. The highest BCUT2D eigenvalue weighted by Gasteiger charge is 2.27. The number of anilines is 1. The summed E-state index contributed by atoms with van der Waals surface area (Å²) in [6.45, 7) is 3.14. The molecule has 2 N–H and O–H groups in total. The Morgan fingerprint density at radius 3 is 2.50 bits per heavy atom. The molecule has 0 unspecified atom stereocenters. The first-order valence-electron chi connectivity index (χ1n) is 9.01. The third-order valence-electron chi connectivity index (χ3n) is 5.06. The van der Waals surface area contributed by atoms with Crippen LogP contribution >= 0.6 is 0 Å². The van der Waals surface area contributed by atoms with Gasteiger partial charge in [-0.3, -0.25) is 14.5 Å². The molecule has 0 spiro atoms. The zero-order chi connectivity index (χ0) is 16.8. The molecule has 24 heavy (non-hydrogen) atoms. The van der Waals surface area contributed by atoms with Crippen LogP contribution in [0.1, 0.15) is 32.1 Å². The molecule has 1 aliphatic heterocycles. The summed E-state index contributed by atoms with van der Waals surface area (Å²) in [5.41, 5.74) is 0. The lowest BCUT2D eigenvalue weighted by Gasteiger charge is -2.31. The van der Waals surface area contributed by atoms with Crippen molar-refractivity contribution in [2.24, 2.45) is 5.92 Å². The van der Waals surface area contributed by atoms with Crippen molar-refractivity contribution in [3.63, 3.8) is 0 Å². The molecule has 2 aliphatic rings. The van der Waals surface area contributed by atoms with E-state index >= 15 is 0 Å². The van der Waals surface area contributed by atoms with Crippen LogP contribution in [0.15, 0.2) is 24.4 Å². The minimum absolute atomic E-state index is 0.0239. The van der Waals surface area contributed by atoms with Gasteiger partial charge in [-0.15, -0.1) is 0 Å².